The molecule has 1 aliphatic rings. The van der Waals surface area contributed by atoms with Crippen LogP contribution in [0.5, 0.6) is 5.75 Å². The van der Waals surface area contributed by atoms with Crippen LogP contribution < -0.4 is 4.74 Å². The number of likely N-dealkylation sites (tertiary alicyclic amines) is 1. The Bertz CT molecular complexity index is 671. The molecule has 0 atom stereocenters. The number of carbonyl (C=O) groups excluding carboxylic acids is 1. The van der Waals surface area contributed by atoms with Crippen molar-refractivity contribution in [3.05, 3.63) is 33.6 Å². The molecule has 10 heteroatoms. The zero-order valence-electron chi connectivity index (χ0n) is 12.7. The molecule has 0 unspecified atom stereocenters. The van der Waals surface area contributed by atoms with Gasteiger partial charge in [-0.05, 0) is 0 Å². The number of esters is 1. The van der Waals surface area contributed by atoms with Crippen molar-refractivity contribution in [3.8, 4) is 5.75 Å². The van der Waals surface area contributed by atoms with Crippen LogP contribution in [0, 0.1) is 15.9 Å². The van der Waals surface area contributed by atoms with Gasteiger partial charge in [0.1, 0.15) is 11.7 Å². The second kappa shape index (κ2) is 7.11. The number of hydrogen-bond donors (Lipinski definition) is 1. The van der Waals surface area contributed by atoms with Crippen molar-refractivity contribution in [1.82, 2.24) is 4.90 Å². The van der Waals surface area contributed by atoms with E-state index in [0.717, 1.165) is 13.2 Å². The Hall–Kier alpha value is -2.91. The van der Waals surface area contributed by atoms with E-state index in [1.54, 1.807) is 0 Å². The van der Waals surface area contributed by atoms with E-state index in [-0.39, 0.29) is 18.8 Å². The lowest BCUT2D eigenvalue weighted by Gasteiger charge is -2.30. The van der Waals surface area contributed by atoms with Gasteiger partial charge in [-0.3, -0.25) is 10.1 Å². The molecular formula is C14H15FN2O7. The van der Waals surface area contributed by atoms with E-state index in [1.807, 2.05) is 0 Å². The third-order valence-electron chi connectivity index (χ3n) is 3.66. The summed E-state index contributed by atoms with van der Waals surface area (Å²) in [6.45, 7) is 0.469. The summed E-state index contributed by atoms with van der Waals surface area (Å²) in [4.78, 5) is 33.7. The Morgan fingerprint density at radius 2 is 2.00 bits per heavy atom. The lowest BCUT2D eigenvalue weighted by atomic mass is 10.1. The minimum atomic E-state index is -1.04. The number of carboxylic acid groups (broad SMARTS) is 1. The predicted octanol–water partition coefficient (Wildman–Crippen LogP) is 2.04. The first-order valence-electron chi connectivity index (χ1n) is 7.04. The number of ether oxygens (including phenoxy) is 2. The molecule has 9 nitrogen and oxygen atoms in total. The molecule has 0 saturated carbocycles. The Morgan fingerprint density at radius 3 is 2.50 bits per heavy atom. The summed E-state index contributed by atoms with van der Waals surface area (Å²) in [6, 6.07) is 1.54. The van der Waals surface area contributed by atoms with E-state index in [1.165, 1.54) is 4.90 Å². The summed E-state index contributed by atoms with van der Waals surface area (Å²) in [5, 5.41) is 19.8. The fourth-order valence-electron chi connectivity index (χ4n) is 2.40. The molecule has 24 heavy (non-hydrogen) atoms. The molecule has 0 spiro atoms. The number of methoxy groups -OCH3 is 1. The lowest BCUT2D eigenvalue weighted by Crippen LogP contribution is -2.41. The van der Waals surface area contributed by atoms with Gasteiger partial charge in [-0.2, -0.15) is 0 Å². The van der Waals surface area contributed by atoms with Gasteiger partial charge in [-0.15, -0.1) is 0 Å². The van der Waals surface area contributed by atoms with Crippen molar-refractivity contribution in [1.29, 1.82) is 0 Å². The highest BCUT2D eigenvalue weighted by Gasteiger charge is 2.28. The van der Waals surface area contributed by atoms with Crippen molar-refractivity contribution in [2.24, 2.45) is 0 Å². The first-order chi connectivity index (χ1) is 11.3. The molecule has 130 valence electrons. The van der Waals surface area contributed by atoms with Gasteiger partial charge in [0.15, 0.2) is 11.6 Å². The second-order valence-electron chi connectivity index (χ2n) is 5.14. The number of hydrogen-bond acceptors (Lipinski definition) is 6. The fourth-order valence-corrected chi connectivity index (χ4v) is 2.40. The molecule has 0 bridgehead atoms. The Balaban J connectivity index is 2.20. The van der Waals surface area contributed by atoms with Gasteiger partial charge in [0, 0.05) is 32.0 Å². The van der Waals surface area contributed by atoms with Gasteiger partial charge >= 0.3 is 12.1 Å². The maximum atomic E-state index is 14.0. The molecular weight excluding hydrogens is 327 g/mol. The summed E-state index contributed by atoms with van der Waals surface area (Å²) in [5.41, 5.74) is -1.13. The topological polar surface area (TPSA) is 119 Å². The lowest BCUT2D eigenvalue weighted by molar-refractivity contribution is -0.385. The Labute approximate surface area is 135 Å². The first kappa shape index (κ1) is 17.4. The SMILES string of the molecule is COC(=O)c1cc(OC2CCN(C(=O)O)CC2)c(F)cc1[N+](=O)[O-]. The molecule has 0 aromatic heterocycles. The van der Waals surface area contributed by atoms with Crippen LogP contribution in [0.4, 0.5) is 14.9 Å². The molecule has 1 fully saturated rings. The van der Waals surface area contributed by atoms with Crippen LogP contribution in [0.3, 0.4) is 0 Å². The highest BCUT2D eigenvalue weighted by molar-refractivity contribution is 5.94. The van der Waals surface area contributed by atoms with Crippen molar-refractivity contribution < 1.29 is 33.5 Å². The highest BCUT2D eigenvalue weighted by Crippen LogP contribution is 2.30. The monoisotopic (exact) mass is 342 g/mol. The Kier molecular flexibility index (Phi) is 5.17. The number of nitro groups is 1. The van der Waals surface area contributed by atoms with Crippen molar-refractivity contribution in [3.63, 3.8) is 0 Å². The molecule has 1 aromatic rings. The zero-order valence-corrected chi connectivity index (χ0v) is 12.7. The van der Waals surface area contributed by atoms with Gasteiger partial charge in [-0.1, -0.05) is 0 Å². The average molecular weight is 342 g/mol. The number of nitrogens with zero attached hydrogens (tertiary/aromatic N) is 2. The molecule has 1 heterocycles. The number of piperidine rings is 1. The first-order valence-corrected chi connectivity index (χ1v) is 7.04. The van der Waals surface area contributed by atoms with Crippen LogP contribution in [0.25, 0.3) is 0 Å². The van der Waals surface area contributed by atoms with Crippen LogP contribution in [-0.2, 0) is 4.74 Å². The van der Waals surface area contributed by atoms with E-state index >= 15 is 0 Å². The highest BCUT2D eigenvalue weighted by atomic mass is 19.1. The van der Waals surface area contributed by atoms with Gasteiger partial charge in [0.05, 0.1) is 18.1 Å². The standard InChI is InChI=1S/C14H15FN2O7/c1-23-13(18)9-6-12(10(15)7-11(9)17(21)22)24-8-2-4-16(5-3-8)14(19)20/h6-8H,2-5H2,1H3,(H,19,20). The summed E-state index contributed by atoms with van der Waals surface area (Å²) in [6.07, 6.45) is -0.808. The van der Waals surface area contributed by atoms with Crippen molar-refractivity contribution in [2.75, 3.05) is 20.2 Å². The molecule has 2 rings (SSSR count). The fraction of sp³-hybridized carbons (Fsp3) is 0.429. The molecule has 1 aliphatic heterocycles. The van der Waals surface area contributed by atoms with Gasteiger partial charge in [-0.25, -0.2) is 14.0 Å². The van der Waals surface area contributed by atoms with Gasteiger partial charge < -0.3 is 19.5 Å². The number of carbonyl (C=O) groups is 2. The van der Waals surface area contributed by atoms with Crippen LogP contribution in [-0.4, -0.2) is 53.3 Å². The third-order valence-corrected chi connectivity index (χ3v) is 3.66. The zero-order chi connectivity index (χ0) is 17.9. The number of rotatable bonds is 4. The van der Waals surface area contributed by atoms with Gasteiger partial charge in [0.2, 0.25) is 0 Å². The van der Waals surface area contributed by atoms with E-state index in [0.29, 0.717) is 18.9 Å². The van der Waals surface area contributed by atoms with Crippen LogP contribution >= 0.6 is 0 Å². The quantitative estimate of drug-likeness (QED) is 0.505. The molecule has 1 saturated heterocycles. The number of nitro benzene ring substituents is 1. The second-order valence-corrected chi connectivity index (χ2v) is 5.14. The van der Waals surface area contributed by atoms with Crippen LogP contribution in [0.1, 0.15) is 23.2 Å². The largest absolute Gasteiger partial charge is 0.487 e. The number of benzene rings is 1. The van der Waals surface area contributed by atoms with E-state index in [9.17, 15) is 24.1 Å². The van der Waals surface area contributed by atoms with E-state index < -0.39 is 40.2 Å². The molecule has 1 N–H and O–H groups in total. The predicted molar refractivity (Wildman–Crippen MR) is 77.6 cm³/mol. The third kappa shape index (κ3) is 3.70. The maximum Gasteiger partial charge on any atom is 0.407 e. The summed E-state index contributed by atoms with van der Waals surface area (Å²) in [7, 11) is 1.05. The average Bonchev–Trinajstić information content (AvgIpc) is 2.55. The summed E-state index contributed by atoms with van der Waals surface area (Å²) in [5.74, 6) is -2.27. The number of amides is 1. The summed E-state index contributed by atoms with van der Waals surface area (Å²) >= 11 is 0. The van der Waals surface area contributed by atoms with Crippen LogP contribution in [0.15, 0.2) is 12.1 Å². The summed E-state index contributed by atoms with van der Waals surface area (Å²) < 4.78 is 23.9. The molecule has 1 aromatic carbocycles. The minimum Gasteiger partial charge on any atom is -0.487 e. The molecule has 1 amide bonds. The Morgan fingerprint density at radius 1 is 1.38 bits per heavy atom. The molecule has 0 aliphatic carbocycles. The maximum absolute atomic E-state index is 14.0. The smallest absolute Gasteiger partial charge is 0.407 e. The van der Waals surface area contributed by atoms with E-state index in [2.05, 4.69) is 4.74 Å². The normalized spacial score (nSPS) is 15.0. The minimum absolute atomic E-state index is 0.235. The van der Waals surface area contributed by atoms with Gasteiger partial charge in [0.25, 0.3) is 5.69 Å². The van der Waals surface area contributed by atoms with E-state index in [4.69, 9.17) is 9.84 Å². The van der Waals surface area contributed by atoms with Crippen LogP contribution in [0.2, 0.25) is 0 Å². The number of halogens is 1. The molecule has 0 radical (unpaired) electrons. The van der Waals surface area contributed by atoms with Crippen molar-refractivity contribution >= 4 is 17.7 Å². The van der Waals surface area contributed by atoms with Crippen molar-refractivity contribution in [2.45, 2.75) is 18.9 Å².